The number of ether oxygens (including phenoxy) is 2. The van der Waals surface area contributed by atoms with E-state index in [0.717, 1.165) is 29.8 Å². The molecule has 4 aromatic carbocycles. The van der Waals surface area contributed by atoms with Crippen molar-refractivity contribution in [3.8, 4) is 40.2 Å². The maximum atomic E-state index is 11.7. The third-order valence-corrected chi connectivity index (χ3v) is 4.78. The number of carbonyl (C=O) groups is 2. The standard InChI is InChI=1S/C14H12O5.C13H10O5/c15-11-6-10(7-12(16)13(11)17)14(18)19-8-9-4-2-1-3-5-9;14-10-6-8(7-11(15)12(10)16)13(17)18-9-4-2-1-3-5-9/h1-7,15-17H,8H2;1-7,14-16H. The van der Waals surface area contributed by atoms with Crippen LogP contribution in [0.25, 0.3) is 0 Å². The summed E-state index contributed by atoms with van der Waals surface area (Å²) in [4.78, 5) is 23.4. The molecule has 0 saturated heterocycles. The Morgan fingerprint density at radius 1 is 0.568 bits per heavy atom. The van der Waals surface area contributed by atoms with Crippen molar-refractivity contribution in [2.75, 3.05) is 0 Å². The average Bonchev–Trinajstić information content (AvgIpc) is 2.90. The van der Waals surface area contributed by atoms with Crippen molar-refractivity contribution < 1.29 is 49.7 Å². The minimum Gasteiger partial charge on any atom is -0.504 e. The summed E-state index contributed by atoms with van der Waals surface area (Å²) in [6, 6.07) is 21.6. The Morgan fingerprint density at radius 2 is 0.973 bits per heavy atom. The quantitative estimate of drug-likeness (QED) is 0.131. The zero-order valence-corrected chi connectivity index (χ0v) is 19.1. The van der Waals surface area contributed by atoms with E-state index in [-0.39, 0.29) is 17.7 Å². The van der Waals surface area contributed by atoms with Crippen molar-refractivity contribution in [3.63, 3.8) is 0 Å². The molecule has 0 aromatic heterocycles. The Morgan fingerprint density at radius 3 is 1.43 bits per heavy atom. The predicted octanol–water partition coefficient (Wildman–Crippen LogP) is 4.18. The number of esters is 2. The average molecular weight is 506 g/mol. The van der Waals surface area contributed by atoms with Gasteiger partial charge < -0.3 is 40.1 Å². The topological polar surface area (TPSA) is 174 Å². The van der Waals surface area contributed by atoms with E-state index in [1.165, 1.54) is 0 Å². The number of phenols is 6. The number of rotatable bonds is 5. The molecule has 0 saturated carbocycles. The molecule has 0 unspecified atom stereocenters. The van der Waals surface area contributed by atoms with Crippen LogP contribution in [0, 0.1) is 0 Å². The van der Waals surface area contributed by atoms with Crippen LogP contribution in [0.4, 0.5) is 0 Å². The molecule has 0 fully saturated rings. The maximum absolute atomic E-state index is 11.7. The van der Waals surface area contributed by atoms with E-state index in [2.05, 4.69) is 0 Å². The SMILES string of the molecule is O=C(OCc1ccccc1)c1cc(O)c(O)c(O)c1.O=C(Oc1ccccc1)c1cc(O)c(O)c(O)c1. The predicted molar refractivity (Wildman–Crippen MR) is 130 cm³/mol. The highest BCUT2D eigenvalue weighted by atomic mass is 16.5. The highest BCUT2D eigenvalue weighted by molar-refractivity contribution is 5.92. The fourth-order valence-corrected chi connectivity index (χ4v) is 2.91. The molecule has 190 valence electrons. The highest BCUT2D eigenvalue weighted by Crippen LogP contribution is 2.36. The fraction of sp³-hybridized carbons (Fsp3) is 0.0370. The molecule has 0 aliphatic carbocycles. The van der Waals surface area contributed by atoms with Gasteiger partial charge in [0.1, 0.15) is 12.4 Å². The van der Waals surface area contributed by atoms with Crippen molar-refractivity contribution in [3.05, 3.63) is 102 Å². The number of hydrogen-bond acceptors (Lipinski definition) is 10. The Balaban J connectivity index is 0.000000206. The fourth-order valence-electron chi connectivity index (χ4n) is 2.91. The number of aromatic hydroxyl groups is 6. The largest absolute Gasteiger partial charge is 0.504 e. The molecule has 4 rings (SSSR count). The third kappa shape index (κ3) is 7.06. The minimum atomic E-state index is -0.744. The summed E-state index contributed by atoms with van der Waals surface area (Å²) in [5.41, 5.74) is 0.721. The van der Waals surface area contributed by atoms with Crippen molar-refractivity contribution in [1.29, 1.82) is 0 Å². The van der Waals surface area contributed by atoms with E-state index < -0.39 is 46.4 Å². The lowest BCUT2D eigenvalue weighted by Crippen LogP contribution is -2.08. The molecule has 10 heteroatoms. The molecule has 6 N–H and O–H groups in total. The van der Waals surface area contributed by atoms with Crippen LogP contribution < -0.4 is 4.74 Å². The lowest BCUT2D eigenvalue weighted by molar-refractivity contribution is 0.0471. The van der Waals surface area contributed by atoms with Gasteiger partial charge in [0.2, 0.25) is 0 Å². The lowest BCUT2D eigenvalue weighted by Gasteiger charge is -2.07. The molecule has 0 spiro atoms. The molecular formula is C27H22O10. The summed E-state index contributed by atoms with van der Waals surface area (Å²) in [6.45, 7) is 0.0854. The molecule has 37 heavy (non-hydrogen) atoms. The molecule has 0 bridgehead atoms. The van der Waals surface area contributed by atoms with Crippen LogP contribution in [-0.2, 0) is 11.3 Å². The van der Waals surface area contributed by atoms with Crippen molar-refractivity contribution >= 4 is 11.9 Å². The zero-order valence-electron chi connectivity index (χ0n) is 19.1. The van der Waals surface area contributed by atoms with Crippen molar-refractivity contribution in [1.82, 2.24) is 0 Å². The van der Waals surface area contributed by atoms with E-state index >= 15 is 0 Å². The lowest BCUT2D eigenvalue weighted by atomic mass is 10.2. The minimum absolute atomic E-state index is 0.0382. The number of hydrogen-bond donors (Lipinski definition) is 6. The second-order valence-corrected chi connectivity index (χ2v) is 7.49. The first-order chi connectivity index (χ1) is 17.7. The number of benzene rings is 4. The van der Waals surface area contributed by atoms with E-state index in [4.69, 9.17) is 19.7 Å². The normalized spacial score (nSPS) is 10.1. The molecule has 0 heterocycles. The first-order valence-electron chi connectivity index (χ1n) is 10.6. The molecule has 4 aromatic rings. The molecule has 10 nitrogen and oxygen atoms in total. The van der Waals surface area contributed by atoms with Crippen molar-refractivity contribution in [2.24, 2.45) is 0 Å². The van der Waals surface area contributed by atoms with Crippen LogP contribution in [0.5, 0.6) is 40.2 Å². The third-order valence-electron chi connectivity index (χ3n) is 4.78. The number of para-hydroxylation sites is 1. The maximum Gasteiger partial charge on any atom is 0.343 e. The first kappa shape index (κ1) is 26.2. The van der Waals surface area contributed by atoms with Crippen LogP contribution in [0.1, 0.15) is 26.3 Å². The van der Waals surface area contributed by atoms with Crippen LogP contribution in [0.3, 0.4) is 0 Å². The highest BCUT2D eigenvalue weighted by Gasteiger charge is 2.16. The Labute approximate surface area is 210 Å². The first-order valence-corrected chi connectivity index (χ1v) is 10.6. The van der Waals surface area contributed by atoms with Gasteiger partial charge >= 0.3 is 11.9 Å². The van der Waals surface area contributed by atoms with Crippen LogP contribution in [0.2, 0.25) is 0 Å². The van der Waals surface area contributed by atoms with Gasteiger partial charge in [0.05, 0.1) is 11.1 Å². The van der Waals surface area contributed by atoms with Gasteiger partial charge in [-0.25, -0.2) is 9.59 Å². The van der Waals surface area contributed by atoms with Gasteiger partial charge in [0, 0.05) is 0 Å². The van der Waals surface area contributed by atoms with Gasteiger partial charge in [-0.05, 0) is 42.0 Å². The molecule has 0 amide bonds. The number of carbonyl (C=O) groups excluding carboxylic acids is 2. The van der Waals surface area contributed by atoms with E-state index in [1.807, 2.05) is 18.2 Å². The summed E-state index contributed by atoms with van der Waals surface area (Å²) >= 11 is 0. The smallest absolute Gasteiger partial charge is 0.343 e. The summed E-state index contributed by atoms with van der Waals surface area (Å²) in [7, 11) is 0. The van der Waals surface area contributed by atoms with Crippen LogP contribution >= 0.6 is 0 Å². The van der Waals surface area contributed by atoms with Crippen LogP contribution in [-0.4, -0.2) is 42.6 Å². The molecular weight excluding hydrogens is 484 g/mol. The summed E-state index contributed by atoms with van der Waals surface area (Å²) in [5, 5.41) is 55.5. The molecule has 0 aliphatic rings. The van der Waals surface area contributed by atoms with Crippen molar-refractivity contribution in [2.45, 2.75) is 6.61 Å². The zero-order chi connectivity index (χ0) is 26.9. The summed E-state index contributed by atoms with van der Waals surface area (Å²) < 4.78 is 10.0. The van der Waals surface area contributed by atoms with Gasteiger partial charge in [0.25, 0.3) is 0 Å². The van der Waals surface area contributed by atoms with Gasteiger partial charge in [-0.3, -0.25) is 0 Å². The Kier molecular flexibility index (Phi) is 8.40. The molecule has 0 radical (unpaired) electrons. The summed E-state index contributed by atoms with van der Waals surface area (Å²) in [5.74, 6) is -4.77. The summed E-state index contributed by atoms with van der Waals surface area (Å²) in [6.07, 6.45) is 0. The van der Waals surface area contributed by atoms with E-state index in [1.54, 1.807) is 42.5 Å². The van der Waals surface area contributed by atoms with E-state index in [9.17, 15) is 30.0 Å². The van der Waals surface area contributed by atoms with Gasteiger partial charge in [-0.15, -0.1) is 0 Å². The van der Waals surface area contributed by atoms with Crippen LogP contribution in [0.15, 0.2) is 84.9 Å². The second kappa shape index (κ2) is 11.8. The van der Waals surface area contributed by atoms with Gasteiger partial charge in [-0.2, -0.15) is 0 Å². The molecule has 0 atom stereocenters. The molecule has 0 aliphatic heterocycles. The monoisotopic (exact) mass is 506 g/mol. The van der Waals surface area contributed by atoms with Gasteiger partial charge in [0.15, 0.2) is 34.5 Å². The Bertz CT molecular complexity index is 1340. The van der Waals surface area contributed by atoms with Gasteiger partial charge in [-0.1, -0.05) is 48.5 Å². The second-order valence-electron chi connectivity index (χ2n) is 7.49. The number of phenolic OH excluding ortho intramolecular Hbond substituents is 6. The van der Waals surface area contributed by atoms with E-state index in [0.29, 0.717) is 5.75 Å². The Hall–Kier alpha value is -5.38.